The monoisotopic (exact) mass is 366 g/mol. The normalized spacial score (nSPS) is 16.4. The third-order valence-corrected chi connectivity index (χ3v) is 4.98. The Morgan fingerprint density at radius 3 is 2.41 bits per heavy atom. The van der Waals surface area contributed by atoms with Gasteiger partial charge < -0.3 is 14.4 Å². The molecule has 4 rings (SSSR count). The second-order valence-electron chi connectivity index (χ2n) is 6.81. The Bertz CT molecular complexity index is 829. The van der Waals surface area contributed by atoms with Crippen molar-refractivity contribution < 1.29 is 19.1 Å². The van der Waals surface area contributed by atoms with Crippen LogP contribution in [0.2, 0.25) is 0 Å². The number of ether oxygens (including phenoxy) is 2. The average molecular weight is 366 g/mol. The molecule has 6 nitrogen and oxygen atoms in total. The van der Waals surface area contributed by atoms with E-state index in [1.54, 1.807) is 18.2 Å². The van der Waals surface area contributed by atoms with E-state index in [9.17, 15) is 9.59 Å². The van der Waals surface area contributed by atoms with Crippen LogP contribution < -0.4 is 9.47 Å². The van der Waals surface area contributed by atoms with E-state index in [0.717, 1.165) is 5.56 Å². The van der Waals surface area contributed by atoms with Gasteiger partial charge in [0.05, 0.1) is 13.0 Å². The van der Waals surface area contributed by atoms with Crippen LogP contribution in [0.4, 0.5) is 0 Å². The maximum atomic E-state index is 12.6. The zero-order valence-electron chi connectivity index (χ0n) is 15.1. The fraction of sp³-hybridized carbons (Fsp3) is 0.333. The Hall–Kier alpha value is -2.86. The van der Waals surface area contributed by atoms with Gasteiger partial charge in [0.25, 0.3) is 0 Å². The number of rotatable bonds is 5. The van der Waals surface area contributed by atoms with Crippen molar-refractivity contribution in [2.24, 2.45) is 0 Å². The number of carbonyl (C=O) groups is 2. The van der Waals surface area contributed by atoms with Crippen molar-refractivity contribution in [1.82, 2.24) is 9.80 Å². The van der Waals surface area contributed by atoms with Crippen LogP contribution >= 0.6 is 0 Å². The zero-order chi connectivity index (χ0) is 18.6. The SMILES string of the molecule is O=C(CN1CCN(C(=O)Cc2ccccc2)CC1)c1ccc2c(c1)OCO2. The molecule has 1 saturated heterocycles. The van der Waals surface area contributed by atoms with Gasteiger partial charge in [0.15, 0.2) is 17.3 Å². The first-order valence-corrected chi connectivity index (χ1v) is 9.16. The number of hydrogen-bond acceptors (Lipinski definition) is 5. The molecule has 1 amide bonds. The minimum absolute atomic E-state index is 0.0531. The van der Waals surface area contributed by atoms with E-state index in [1.165, 1.54) is 0 Å². The Morgan fingerprint density at radius 2 is 1.63 bits per heavy atom. The summed E-state index contributed by atoms with van der Waals surface area (Å²) in [6.07, 6.45) is 0.428. The first-order valence-electron chi connectivity index (χ1n) is 9.16. The van der Waals surface area contributed by atoms with Gasteiger partial charge in [-0.05, 0) is 23.8 Å². The first-order chi connectivity index (χ1) is 13.2. The van der Waals surface area contributed by atoms with E-state index in [0.29, 0.717) is 56.2 Å². The number of amides is 1. The molecule has 140 valence electrons. The summed E-state index contributed by atoms with van der Waals surface area (Å²) in [6, 6.07) is 15.1. The fourth-order valence-electron chi connectivity index (χ4n) is 3.40. The van der Waals surface area contributed by atoms with Crippen LogP contribution in [0.1, 0.15) is 15.9 Å². The zero-order valence-corrected chi connectivity index (χ0v) is 15.1. The van der Waals surface area contributed by atoms with E-state index in [4.69, 9.17) is 9.47 Å². The molecule has 2 aliphatic heterocycles. The van der Waals surface area contributed by atoms with Gasteiger partial charge in [0, 0.05) is 31.7 Å². The minimum atomic E-state index is 0.0531. The summed E-state index contributed by atoms with van der Waals surface area (Å²) in [7, 11) is 0. The van der Waals surface area contributed by atoms with E-state index >= 15 is 0 Å². The summed E-state index contributed by atoms with van der Waals surface area (Å²) in [5.41, 5.74) is 1.66. The number of carbonyl (C=O) groups excluding carboxylic acids is 2. The fourth-order valence-corrected chi connectivity index (χ4v) is 3.40. The molecular formula is C21H22N2O4. The van der Waals surface area contributed by atoms with Gasteiger partial charge in [-0.3, -0.25) is 14.5 Å². The van der Waals surface area contributed by atoms with Crippen molar-refractivity contribution in [1.29, 1.82) is 0 Å². The van der Waals surface area contributed by atoms with Gasteiger partial charge >= 0.3 is 0 Å². The van der Waals surface area contributed by atoms with Crippen molar-refractivity contribution in [3.05, 3.63) is 59.7 Å². The highest BCUT2D eigenvalue weighted by molar-refractivity contribution is 5.98. The standard InChI is InChI=1S/C21H22N2O4/c24-18(17-6-7-19-20(13-17)27-15-26-19)14-22-8-10-23(11-9-22)21(25)12-16-4-2-1-3-5-16/h1-7,13H,8-12,14-15H2. The van der Waals surface area contributed by atoms with E-state index < -0.39 is 0 Å². The maximum Gasteiger partial charge on any atom is 0.231 e. The van der Waals surface area contributed by atoms with Crippen LogP contribution in [0.25, 0.3) is 0 Å². The third kappa shape index (κ3) is 4.11. The Labute approximate surface area is 158 Å². The quantitative estimate of drug-likeness (QED) is 0.758. The number of fused-ring (bicyclic) bond motifs is 1. The Balaban J connectivity index is 1.28. The lowest BCUT2D eigenvalue weighted by atomic mass is 10.1. The van der Waals surface area contributed by atoms with Gasteiger partial charge in [0.1, 0.15) is 0 Å². The predicted octanol–water partition coefficient (Wildman–Crippen LogP) is 1.98. The Kier molecular flexibility index (Phi) is 5.07. The summed E-state index contributed by atoms with van der Waals surface area (Å²) < 4.78 is 10.6. The molecule has 2 aromatic rings. The summed E-state index contributed by atoms with van der Waals surface area (Å²) in [5, 5.41) is 0. The molecule has 2 aromatic carbocycles. The van der Waals surface area contributed by atoms with Crippen LogP contribution in [0.3, 0.4) is 0 Å². The van der Waals surface area contributed by atoms with Gasteiger partial charge in [-0.25, -0.2) is 0 Å². The van der Waals surface area contributed by atoms with Crippen molar-refractivity contribution in [2.75, 3.05) is 39.5 Å². The minimum Gasteiger partial charge on any atom is -0.454 e. The van der Waals surface area contributed by atoms with E-state index in [-0.39, 0.29) is 18.5 Å². The largest absolute Gasteiger partial charge is 0.454 e. The first kappa shape index (κ1) is 17.5. The molecule has 0 N–H and O–H groups in total. The van der Waals surface area contributed by atoms with Crippen LogP contribution in [0.5, 0.6) is 11.5 Å². The smallest absolute Gasteiger partial charge is 0.231 e. The van der Waals surface area contributed by atoms with Gasteiger partial charge in [-0.2, -0.15) is 0 Å². The molecule has 0 aromatic heterocycles. The highest BCUT2D eigenvalue weighted by Crippen LogP contribution is 2.32. The van der Waals surface area contributed by atoms with Crippen molar-refractivity contribution in [3.8, 4) is 11.5 Å². The topological polar surface area (TPSA) is 59.1 Å². The number of benzene rings is 2. The second kappa shape index (κ2) is 7.80. The van der Waals surface area contributed by atoms with E-state index in [1.807, 2.05) is 35.2 Å². The third-order valence-electron chi connectivity index (χ3n) is 4.98. The lowest BCUT2D eigenvalue weighted by Crippen LogP contribution is -2.50. The van der Waals surface area contributed by atoms with Crippen LogP contribution in [-0.2, 0) is 11.2 Å². The van der Waals surface area contributed by atoms with Crippen molar-refractivity contribution >= 4 is 11.7 Å². The van der Waals surface area contributed by atoms with Crippen LogP contribution in [0, 0.1) is 0 Å². The molecule has 0 bridgehead atoms. The summed E-state index contributed by atoms with van der Waals surface area (Å²) in [5.74, 6) is 1.49. The molecule has 27 heavy (non-hydrogen) atoms. The number of Topliss-reactive ketones (excluding diaryl/α,β-unsaturated/α-hetero) is 1. The molecular weight excluding hydrogens is 344 g/mol. The molecule has 6 heteroatoms. The van der Waals surface area contributed by atoms with Gasteiger partial charge in [-0.1, -0.05) is 30.3 Å². The van der Waals surface area contributed by atoms with E-state index in [2.05, 4.69) is 4.90 Å². The highest BCUT2D eigenvalue weighted by Gasteiger charge is 2.23. The average Bonchev–Trinajstić information content (AvgIpc) is 3.17. The van der Waals surface area contributed by atoms with Gasteiger partial charge in [-0.15, -0.1) is 0 Å². The lowest BCUT2D eigenvalue weighted by molar-refractivity contribution is -0.132. The van der Waals surface area contributed by atoms with Crippen molar-refractivity contribution in [2.45, 2.75) is 6.42 Å². The number of hydrogen-bond donors (Lipinski definition) is 0. The lowest BCUT2D eigenvalue weighted by Gasteiger charge is -2.34. The summed E-state index contributed by atoms with van der Waals surface area (Å²) >= 11 is 0. The molecule has 0 spiro atoms. The molecule has 2 aliphatic rings. The molecule has 0 radical (unpaired) electrons. The number of nitrogens with zero attached hydrogens (tertiary/aromatic N) is 2. The number of piperazine rings is 1. The molecule has 0 unspecified atom stereocenters. The molecule has 1 fully saturated rings. The highest BCUT2D eigenvalue weighted by atomic mass is 16.7. The van der Waals surface area contributed by atoms with Crippen molar-refractivity contribution in [3.63, 3.8) is 0 Å². The summed E-state index contributed by atoms with van der Waals surface area (Å²) in [6.45, 7) is 3.26. The summed E-state index contributed by atoms with van der Waals surface area (Å²) in [4.78, 5) is 29.0. The molecule has 2 heterocycles. The van der Waals surface area contributed by atoms with Gasteiger partial charge in [0.2, 0.25) is 12.7 Å². The maximum absolute atomic E-state index is 12.6. The molecule has 0 aliphatic carbocycles. The second-order valence-corrected chi connectivity index (χ2v) is 6.81. The number of ketones is 1. The Morgan fingerprint density at radius 1 is 0.889 bits per heavy atom. The van der Waals surface area contributed by atoms with Crippen LogP contribution in [0.15, 0.2) is 48.5 Å². The van der Waals surface area contributed by atoms with Crippen LogP contribution in [-0.4, -0.2) is 61.0 Å². The predicted molar refractivity (Wildman–Crippen MR) is 100 cm³/mol. The molecule has 0 saturated carbocycles. The molecule has 0 atom stereocenters.